The standard InChI is InChI=1S/C21H22F2N2O3/c1-13(2)20(28-18-7-5-4-6-15(18)11-24)21(26)25-14(3)12-27-19-9-8-16(22)10-17(19)23/h4-10,13-14,20H,12H2,1-3H3,(H,25,26). The van der Waals surface area contributed by atoms with E-state index in [-0.39, 0.29) is 24.2 Å². The van der Waals surface area contributed by atoms with Gasteiger partial charge in [-0.3, -0.25) is 4.79 Å². The van der Waals surface area contributed by atoms with Gasteiger partial charge in [0.1, 0.15) is 24.2 Å². The van der Waals surface area contributed by atoms with Crippen molar-refractivity contribution in [2.45, 2.75) is 32.9 Å². The number of rotatable bonds is 8. The van der Waals surface area contributed by atoms with Gasteiger partial charge in [0.15, 0.2) is 17.7 Å². The number of nitrogens with one attached hydrogen (secondary N) is 1. The minimum atomic E-state index is -0.820. The first-order valence-electron chi connectivity index (χ1n) is 8.85. The summed E-state index contributed by atoms with van der Waals surface area (Å²) in [6, 6.07) is 11.3. The summed E-state index contributed by atoms with van der Waals surface area (Å²) in [5.74, 6) is -1.80. The van der Waals surface area contributed by atoms with Gasteiger partial charge < -0.3 is 14.8 Å². The number of benzene rings is 2. The molecule has 7 heteroatoms. The first-order valence-corrected chi connectivity index (χ1v) is 8.85. The number of halogens is 2. The first-order chi connectivity index (χ1) is 13.3. The fourth-order valence-corrected chi connectivity index (χ4v) is 2.46. The van der Waals surface area contributed by atoms with E-state index in [4.69, 9.17) is 9.47 Å². The minimum absolute atomic E-state index is 0.00606. The van der Waals surface area contributed by atoms with E-state index in [1.54, 1.807) is 31.2 Å². The van der Waals surface area contributed by atoms with Crippen LogP contribution in [0.5, 0.6) is 11.5 Å². The number of amides is 1. The van der Waals surface area contributed by atoms with Gasteiger partial charge in [0, 0.05) is 6.07 Å². The molecule has 28 heavy (non-hydrogen) atoms. The van der Waals surface area contributed by atoms with Gasteiger partial charge in [-0.05, 0) is 37.1 Å². The molecular formula is C21H22F2N2O3. The van der Waals surface area contributed by atoms with E-state index >= 15 is 0 Å². The van der Waals surface area contributed by atoms with E-state index in [1.807, 2.05) is 19.9 Å². The number of carbonyl (C=O) groups excluding carboxylic acids is 1. The molecule has 0 bridgehead atoms. The van der Waals surface area contributed by atoms with Crippen LogP contribution in [0.4, 0.5) is 8.78 Å². The highest BCUT2D eigenvalue weighted by Gasteiger charge is 2.26. The second-order valence-electron chi connectivity index (χ2n) is 6.69. The molecule has 2 unspecified atom stereocenters. The van der Waals surface area contributed by atoms with Crippen LogP contribution in [0.3, 0.4) is 0 Å². The molecule has 0 heterocycles. The Balaban J connectivity index is 1.98. The normalized spacial score (nSPS) is 12.8. The minimum Gasteiger partial charge on any atom is -0.488 e. The highest BCUT2D eigenvalue weighted by atomic mass is 19.1. The van der Waals surface area contributed by atoms with Crippen LogP contribution in [0, 0.1) is 28.9 Å². The number of hydrogen-bond donors (Lipinski definition) is 1. The lowest BCUT2D eigenvalue weighted by Gasteiger charge is -2.24. The van der Waals surface area contributed by atoms with E-state index in [1.165, 1.54) is 6.07 Å². The van der Waals surface area contributed by atoms with Crippen LogP contribution in [-0.4, -0.2) is 24.7 Å². The smallest absolute Gasteiger partial charge is 0.261 e. The fourth-order valence-electron chi connectivity index (χ4n) is 2.46. The number of para-hydroxylation sites is 1. The quantitative estimate of drug-likeness (QED) is 0.746. The third kappa shape index (κ3) is 5.68. The summed E-state index contributed by atoms with van der Waals surface area (Å²) in [4.78, 5) is 12.6. The summed E-state index contributed by atoms with van der Waals surface area (Å²) in [6.07, 6.45) is -0.820. The number of ether oxygens (including phenoxy) is 2. The fraction of sp³-hybridized carbons (Fsp3) is 0.333. The molecule has 5 nitrogen and oxygen atoms in total. The summed E-state index contributed by atoms with van der Waals surface area (Å²) >= 11 is 0. The molecule has 1 N–H and O–H groups in total. The molecule has 0 fully saturated rings. The van der Waals surface area contributed by atoms with Crippen LogP contribution in [0.25, 0.3) is 0 Å². The van der Waals surface area contributed by atoms with Crippen LogP contribution in [0.15, 0.2) is 42.5 Å². The molecule has 2 aromatic carbocycles. The topological polar surface area (TPSA) is 71.3 Å². The molecule has 0 saturated heterocycles. The zero-order valence-electron chi connectivity index (χ0n) is 15.9. The van der Waals surface area contributed by atoms with Crippen LogP contribution < -0.4 is 14.8 Å². The average Bonchev–Trinajstić information content (AvgIpc) is 2.65. The molecule has 1 amide bonds. The van der Waals surface area contributed by atoms with Crippen LogP contribution in [0.1, 0.15) is 26.3 Å². The number of carbonyl (C=O) groups is 1. The molecule has 0 aliphatic heterocycles. The molecule has 0 aliphatic carbocycles. The third-order valence-electron chi connectivity index (χ3n) is 3.90. The van der Waals surface area contributed by atoms with Crippen LogP contribution in [-0.2, 0) is 4.79 Å². The maximum Gasteiger partial charge on any atom is 0.261 e. The van der Waals surface area contributed by atoms with Crippen molar-refractivity contribution in [3.63, 3.8) is 0 Å². The number of nitrogens with zero attached hydrogens (tertiary/aromatic N) is 1. The predicted molar refractivity (Wildman–Crippen MR) is 99.9 cm³/mol. The van der Waals surface area contributed by atoms with Crippen molar-refractivity contribution in [3.8, 4) is 17.6 Å². The molecule has 0 saturated carbocycles. The van der Waals surface area contributed by atoms with E-state index in [9.17, 15) is 18.8 Å². The zero-order valence-corrected chi connectivity index (χ0v) is 15.9. The molecule has 0 aliphatic rings. The molecule has 0 aromatic heterocycles. The Bertz CT molecular complexity index is 865. The summed E-state index contributed by atoms with van der Waals surface area (Å²) in [6.45, 7) is 5.34. The second kappa shape index (κ2) is 9.70. The molecule has 2 aromatic rings. The van der Waals surface area contributed by atoms with E-state index < -0.39 is 23.8 Å². The third-order valence-corrected chi connectivity index (χ3v) is 3.90. The lowest BCUT2D eigenvalue weighted by Crippen LogP contribution is -2.47. The van der Waals surface area contributed by atoms with Crippen molar-refractivity contribution in [2.24, 2.45) is 5.92 Å². The van der Waals surface area contributed by atoms with E-state index in [0.29, 0.717) is 11.3 Å². The number of hydrogen-bond acceptors (Lipinski definition) is 4. The van der Waals surface area contributed by atoms with Gasteiger partial charge in [0.25, 0.3) is 5.91 Å². The van der Waals surface area contributed by atoms with Crippen LogP contribution >= 0.6 is 0 Å². The Morgan fingerprint density at radius 1 is 1.14 bits per heavy atom. The van der Waals surface area contributed by atoms with E-state index in [2.05, 4.69) is 5.32 Å². The summed E-state index contributed by atoms with van der Waals surface area (Å²) < 4.78 is 37.6. The summed E-state index contributed by atoms with van der Waals surface area (Å²) in [5.41, 5.74) is 0.337. The molecule has 148 valence electrons. The Hall–Kier alpha value is -3.14. The van der Waals surface area contributed by atoms with Crippen molar-refractivity contribution in [2.75, 3.05) is 6.61 Å². The average molecular weight is 388 g/mol. The Labute approximate surface area is 162 Å². The maximum atomic E-state index is 13.6. The van der Waals surface area contributed by atoms with Gasteiger partial charge in [-0.1, -0.05) is 26.0 Å². The lowest BCUT2D eigenvalue weighted by atomic mass is 10.1. The Morgan fingerprint density at radius 2 is 1.86 bits per heavy atom. The first kappa shape index (κ1) is 21.2. The van der Waals surface area contributed by atoms with Gasteiger partial charge in [-0.15, -0.1) is 0 Å². The highest BCUT2D eigenvalue weighted by molar-refractivity contribution is 5.81. The molecular weight excluding hydrogens is 366 g/mol. The summed E-state index contributed by atoms with van der Waals surface area (Å²) in [5, 5.41) is 11.9. The molecule has 0 spiro atoms. The van der Waals surface area contributed by atoms with E-state index in [0.717, 1.165) is 12.1 Å². The van der Waals surface area contributed by atoms with Gasteiger partial charge in [0.05, 0.1) is 11.6 Å². The van der Waals surface area contributed by atoms with Gasteiger partial charge in [-0.2, -0.15) is 5.26 Å². The van der Waals surface area contributed by atoms with Crippen molar-refractivity contribution in [1.82, 2.24) is 5.32 Å². The highest BCUT2D eigenvalue weighted by Crippen LogP contribution is 2.21. The largest absolute Gasteiger partial charge is 0.488 e. The zero-order chi connectivity index (χ0) is 20.7. The second-order valence-corrected chi connectivity index (χ2v) is 6.69. The predicted octanol–water partition coefficient (Wildman–Crippen LogP) is 3.82. The van der Waals surface area contributed by atoms with Crippen LogP contribution in [0.2, 0.25) is 0 Å². The maximum absolute atomic E-state index is 13.6. The molecule has 2 rings (SSSR count). The molecule has 2 atom stereocenters. The summed E-state index contributed by atoms with van der Waals surface area (Å²) in [7, 11) is 0. The van der Waals surface area contributed by atoms with Crippen molar-refractivity contribution in [3.05, 3.63) is 59.7 Å². The van der Waals surface area contributed by atoms with Gasteiger partial charge in [0.2, 0.25) is 0 Å². The number of nitriles is 1. The monoisotopic (exact) mass is 388 g/mol. The molecule has 0 radical (unpaired) electrons. The lowest BCUT2D eigenvalue weighted by molar-refractivity contribution is -0.130. The van der Waals surface area contributed by atoms with Crippen molar-refractivity contribution in [1.29, 1.82) is 5.26 Å². The Morgan fingerprint density at radius 3 is 2.50 bits per heavy atom. The van der Waals surface area contributed by atoms with Gasteiger partial charge >= 0.3 is 0 Å². The Kier molecular flexibility index (Phi) is 7.33. The SMILES string of the molecule is CC(COc1ccc(F)cc1F)NC(=O)C(Oc1ccccc1C#N)C(C)C. The van der Waals surface area contributed by atoms with Gasteiger partial charge in [-0.25, -0.2) is 8.78 Å². The van der Waals surface area contributed by atoms with Crippen molar-refractivity contribution < 1.29 is 23.0 Å². The van der Waals surface area contributed by atoms with Crippen molar-refractivity contribution >= 4 is 5.91 Å².